The molecule has 14 bridgehead atoms. The van der Waals surface area contributed by atoms with Gasteiger partial charge >= 0.3 is 89.5 Å². The van der Waals surface area contributed by atoms with Gasteiger partial charge in [-0.25, -0.2) is 4.79 Å². The van der Waals surface area contributed by atoms with Crippen molar-refractivity contribution < 1.29 is 176 Å². The highest BCUT2D eigenvalue weighted by Gasteiger charge is 2.70. The Balaban J connectivity index is 0.000000130. The van der Waals surface area contributed by atoms with Crippen molar-refractivity contribution in [1.29, 1.82) is 0 Å². The molecule has 0 N–H and O–H groups in total. The van der Waals surface area contributed by atoms with Gasteiger partial charge in [0.15, 0.2) is 31.0 Å². The van der Waals surface area contributed by atoms with E-state index >= 15 is 0 Å². The molecule has 20 rings (SSSR count). The fourth-order valence-corrected chi connectivity index (χ4v) is 21.8. The first-order valence-corrected chi connectivity index (χ1v) is 50.9. The largest absolute Gasteiger partial charge is 0.465 e. The summed E-state index contributed by atoms with van der Waals surface area (Å²) in [5.74, 6) is -4.19. The summed E-state index contributed by atoms with van der Waals surface area (Å²) in [4.78, 5) is 177. The summed E-state index contributed by atoms with van der Waals surface area (Å²) in [6.07, 6.45) is 9.41. The monoisotopic (exact) mass is 1960 g/mol. The molecule has 139 heavy (non-hydrogen) atoms. The second-order valence-electron chi connectivity index (χ2n) is 45.1. The molecule has 0 saturated carbocycles. The predicted molar refractivity (Wildman–Crippen MR) is 479 cm³/mol. The number of rotatable bonds is 32. The maximum Gasteiger partial charge on any atom is 0.344 e. The van der Waals surface area contributed by atoms with Gasteiger partial charge in [-0.3, -0.25) is 67.1 Å². The van der Waals surface area contributed by atoms with E-state index in [0.29, 0.717) is 64.1 Å². The lowest BCUT2D eigenvalue weighted by Crippen LogP contribution is -2.42. The fourth-order valence-electron chi connectivity index (χ4n) is 21.8. The molecule has 0 aromatic rings. The Bertz CT molecular complexity index is 4570. The third-order valence-corrected chi connectivity index (χ3v) is 33.6. The molecule has 0 aromatic carbocycles. The van der Waals surface area contributed by atoms with E-state index in [0.717, 1.165) is 64.2 Å². The molecule has 0 aromatic heterocycles. The third kappa shape index (κ3) is 21.9. The zero-order chi connectivity index (χ0) is 101. The highest BCUT2D eigenvalue weighted by Crippen LogP contribution is 2.56. The van der Waals surface area contributed by atoms with Gasteiger partial charge in [0.1, 0.15) is 86.5 Å². The molecule has 20 fully saturated rings. The summed E-state index contributed by atoms with van der Waals surface area (Å²) in [7, 11) is 0. The van der Waals surface area contributed by atoms with E-state index < -0.39 is 81.4 Å². The highest BCUT2D eigenvalue weighted by atomic mass is 16.7. The van der Waals surface area contributed by atoms with Gasteiger partial charge in [-0.15, -0.1) is 0 Å². The van der Waals surface area contributed by atoms with E-state index in [4.69, 9.17) is 104 Å². The number of carbonyl (C=O) groups is 15. The van der Waals surface area contributed by atoms with Crippen LogP contribution < -0.4 is 0 Å². The van der Waals surface area contributed by atoms with Gasteiger partial charge in [-0.1, -0.05) is 55.4 Å². The average molecular weight is 1970 g/mol. The molecule has 0 spiro atoms. The van der Waals surface area contributed by atoms with Crippen molar-refractivity contribution >= 4 is 89.5 Å². The molecule has 0 amide bonds. The third-order valence-electron chi connectivity index (χ3n) is 33.6. The van der Waals surface area contributed by atoms with E-state index in [1.807, 2.05) is 125 Å². The molecule has 0 radical (unpaired) electrons. The zero-order valence-electron chi connectivity index (χ0n) is 84.7. The summed E-state index contributed by atoms with van der Waals surface area (Å²) < 4.78 is 120. The Morgan fingerprint density at radius 1 is 0.338 bits per heavy atom. The van der Waals surface area contributed by atoms with Crippen LogP contribution in [0.25, 0.3) is 0 Å². The van der Waals surface area contributed by atoms with Crippen LogP contribution in [0.4, 0.5) is 0 Å². The second-order valence-corrected chi connectivity index (χ2v) is 45.1. The Morgan fingerprint density at radius 3 is 1.14 bits per heavy atom. The Morgan fingerprint density at radius 2 is 0.691 bits per heavy atom. The van der Waals surface area contributed by atoms with Crippen LogP contribution in [-0.4, -0.2) is 269 Å². The number of carbonyl (C=O) groups excluding carboxylic acids is 15. The smallest absolute Gasteiger partial charge is 0.344 e. The van der Waals surface area contributed by atoms with Gasteiger partial charge in [0.25, 0.3) is 0 Å². The maximum absolute atomic E-state index is 12.2. The molecule has 20 aliphatic heterocycles. The molecule has 37 heteroatoms. The first-order chi connectivity index (χ1) is 65.4. The molecule has 0 aliphatic carbocycles. The minimum absolute atomic E-state index is 0.00369. The maximum atomic E-state index is 12.2. The van der Waals surface area contributed by atoms with Crippen molar-refractivity contribution in [2.24, 2.45) is 97.6 Å². The summed E-state index contributed by atoms with van der Waals surface area (Å²) >= 11 is 0. The lowest BCUT2D eigenvalue weighted by molar-refractivity contribution is -0.172. The lowest BCUT2D eigenvalue weighted by Gasteiger charge is -2.30. The van der Waals surface area contributed by atoms with E-state index in [2.05, 4.69) is 0 Å². The predicted octanol–water partition coefficient (Wildman–Crippen LogP) is 10.2. The van der Waals surface area contributed by atoms with Crippen LogP contribution in [0, 0.1) is 97.6 Å². The van der Waals surface area contributed by atoms with Crippen LogP contribution in [0.15, 0.2) is 0 Å². The minimum Gasteiger partial charge on any atom is -0.465 e. The van der Waals surface area contributed by atoms with Crippen LogP contribution in [-0.2, 0) is 176 Å². The second kappa shape index (κ2) is 42.2. The quantitative estimate of drug-likeness (QED) is 0.0446. The summed E-state index contributed by atoms with van der Waals surface area (Å²) in [5.41, 5.74) is -3.03. The summed E-state index contributed by atoms with van der Waals surface area (Å²) in [6, 6.07) is 0. The number of fused-ring (bicyclic) bond motifs is 8. The molecule has 20 saturated heterocycles. The molecule has 20 heterocycles. The van der Waals surface area contributed by atoms with Crippen LogP contribution in [0.2, 0.25) is 0 Å². The first-order valence-electron chi connectivity index (χ1n) is 50.9. The number of hydrogen-bond acceptors (Lipinski definition) is 37. The van der Waals surface area contributed by atoms with Gasteiger partial charge in [0, 0.05) is 18.3 Å². The van der Waals surface area contributed by atoms with E-state index in [-0.39, 0.29) is 278 Å². The van der Waals surface area contributed by atoms with Crippen molar-refractivity contribution in [1.82, 2.24) is 0 Å². The Hall–Kier alpha value is -8.23. The normalized spacial score (nSPS) is 37.5. The summed E-state index contributed by atoms with van der Waals surface area (Å²) in [6.45, 7) is 41.7. The highest BCUT2D eigenvalue weighted by molar-refractivity contribution is 5.84. The number of esters is 15. The van der Waals surface area contributed by atoms with E-state index in [9.17, 15) is 71.9 Å². The van der Waals surface area contributed by atoms with Crippen LogP contribution in [0.1, 0.15) is 274 Å². The molecular formula is C102H148O37. The number of hydrogen-bond donors (Lipinski definition) is 0. The minimum atomic E-state index is -0.652. The SMILES string of the molecule is CCC(C)(C)C(=O)OC(C)C1C2CC3C(=O)OC1C3O2.CCC(C)(C)C(=O)OC(C)CC1C2CC3C(=O)OC1C3O2.CCC(C)(C)C(=O)OCC(=O)OC1C2CC3C(=O)OC1C3O2.CCC(C)(C)C(=O)OCC1C2CC3C(=O)OC1C3O2.CCC(C)(C)C(=O)OCCC(=O)OC1C2CC3C(=O)OC1C3O2.CCC(C)(C)C(=O)OCCC1C2CC3C(=O)OC1C3O2.CCC(C)C(=O)OC1CC2CCC1O2. The fraction of sp³-hybridized carbons (Fsp3) is 0.853. The topological polar surface area (TPSA) is 459 Å². The summed E-state index contributed by atoms with van der Waals surface area (Å²) in [5, 5.41) is 0. The molecular weight excluding hydrogens is 1820 g/mol. The van der Waals surface area contributed by atoms with Crippen LogP contribution in [0.5, 0.6) is 0 Å². The Labute approximate surface area is 812 Å². The zero-order valence-corrected chi connectivity index (χ0v) is 84.7. The van der Waals surface area contributed by atoms with E-state index in [1.54, 1.807) is 27.7 Å². The van der Waals surface area contributed by atoms with Crippen molar-refractivity contribution in [3.8, 4) is 0 Å². The van der Waals surface area contributed by atoms with Crippen molar-refractivity contribution in [3.63, 3.8) is 0 Å². The standard InChI is InChI=1S/C16H22O7.C16H24O5.C15H20O7.2C15H22O5.C14H20O5.C11H18O3/c1-4-16(2,3)15(19)20-6-5-10(17)22-12-9-7-8-11(21-9)13(12)23-14(8)18;1-5-16(3,4)15(18)19-8(2)6-9-11-7-10-13(20-11)12(9)21-14(10)17;1-4-15(2,3)14(18)19-6-9(16)21-11-8-5-7-10(20-8)12(11)22-13(7)17;1-5-15(3,4)14(17)18-7(2)10-9-6-8-11(19-9)12(10)20-13(8)16;1-4-15(2,3)14(17)18-6-5-8-10-7-9-12(19-10)11(8)20-13(9)16;1-4-14(2,3)13(16)17-6-8-9-5-7-10(18-9)11(8)19-12(7)15;1-3-7(2)11(12)14-10-6-8-4-5-9(10)13-8/h8-9,11-13H,4-7H2,1-3H3;8-13H,5-7H2,1-4H3;7-8,10-12H,4-6H2,1-3H3;7-12H,5-6H2,1-4H3;8-12H,4-7H2,1-3H3;7-11H,4-6H2,1-3H3;7-10H,3-6H2,1-2H3. The lowest BCUT2D eigenvalue weighted by atomic mass is 9.79. The van der Waals surface area contributed by atoms with Crippen molar-refractivity contribution in [3.05, 3.63) is 0 Å². The Kier molecular flexibility index (Phi) is 32.4. The molecule has 20 aliphatic rings. The van der Waals surface area contributed by atoms with Crippen LogP contribution >= 0.6 is 0 Å². The van der Waals surface area contributed by atoms with Gasteiger partial charge in [0.2, 0.25) is 0 Å². The van der Waals surface area contributed by atoms with E-state index in [1.165, 1.54) is 0 Å². The average Bonchev–Trinajstić information content (AvgIpc) is 1.60. The van der Waals surface area contributed by atoms with Gasteiger partial charge in [-0.05, 0) is 206 Å². The number of ether oxygens (including phenoxy) is 22. The molecule has 37 nitrogen and oxygen atoms in total. The van der Waals surface area contributed by atoms with Crippen molar-refractivity contribution in [2.75, 3.05) is 26.4 Å². The molecule has 36 unspecified atom stereocenters. The van der Waals surface area contributed by atoms with Crippen molar-refractivity contribution in [2.45, 2.75) is 427 Å². The first kappa shape index (κ1) is 107. The van der Waals surface area contributed by atoms with Crippen LogP contribution in [0.3, 0.4) is 0 Å². The van der Waals surface area contributed by atoms with Gasteiger partial charge < -0.3 is 104 Å². The van der Waals surface area contributed by atoms with Gasteiger partial charge in [-0.2, -0.15) is 0 Å². The molecule has 36 atom stereocenters. The molecule has 778 valence electrons. The van der Waals surface area contributed by atoms with Gasteiger partial charge in [0.05, 0.1) is 154 Å².